The van der Waals surface area contributed by atoms with Gasteiger partial charge in [-0.2, -0.15) is 0 Å². The maximum absolute atomic E-state index is 5.64. The Morgan fingerprint density at radius 2 is 2.07 bits per heavy atom. The van der Waals surface area contributed by atoms with Crippen LogP contribution in [0.2, 0.25) is 0 Å². The van der Waals surface area contributed by atoms with Crippen molar-refractivity contribution in [3.05, 3.63) is 0 Å². The third kappa shape index (κ3) is 3.23. The van der Waals surface area contributed by atoms with E-state index < -0.39 is 0 Å². The van der Waals surface area contributed by atoms with Crippen molar-refractivity contribution in [1.82, 2.24) is 4.90 Å². The molecular formula is C11H22N2O. The lowest BCUT2D eigenvalue weighted by molar-refractivity contribution is 0.102. The summed E-state index contributed by atoms with van der Waals surface area (Å²) >= 11 is 0. The second-order valence-corrected chi connectivity index (χ2v) is 4.71. The molecule has 0 bridgehead atoms. The van der Waals surface area contributed by atoms with E-state index in [9.17, 15) is 0 Å². The monoisotopic (exact) mass is 198 g/mol. The van der Waals surface area contributed by atoms with E-state index in [1.807, 2.05) is 0 Å². The summed E-state index contributed by atoms with van der Waals surface area (Å²) in [5.41, 5.74) is 5.64. The van der Waals surface area contributed by atoms with E-state index in [0.717, 1.165) is 38.1 Å². The van der Waals surface area contributed by atoms with E-state index >= 15 is 0 Å². The number of nitrogens with two attached hydrogens (primary N) is 1. The molecule has 3 heteroatoms. The average molecular weight is 198 g/mol. The van der Waals surface area contributed by atoms with Gasteiger partial charge in [-0.15, -0.1) is 0 Å². The van der Waals surface area contributed by atoms with Gasteiger partial charge in [0.1, 0.15) is 0 Å². The molecule has 0 aromatic heterocycles. The molecule has 1 saturated carbocycles. The van der Waals surface area contributed by atoms with E-state index in [0.29, 0.717) is 0 Å². The molecule has 2 aliphatic rings. The summed E-state index contributed by atoms with van der Waals surface area (Å²) in [5.74, 6) is 1.63. The first-order chi connectivity index (χ1) is 6.88. The Morgan fingerprint density at radius 1 is 1.21 bits per heavy atom. The highest BCUT2D eigenvalue weighted by Gasteiger charge is 2.22. The fourth-order valence-electron chi connectivity index (χ4n) is 2.04. The van der Waals surface area contributed by atoms with Crippen LogP contribution in [0.15, 0.2) is 0 Å². The minimum absolute atomic E-state index is 0.735. The average Bonchev–Trinajstić information content (AvgIpc) is 2.91. The van der Waals surface area contributed by atoms with Gasteiger partial charge in [0.05, 0.1) is 6.61 Å². The standard InChI is InChI=1S/C11H22N2O/c12-7-11-3-4-13(8-11)5-6-14-9-10-1-2-10/h10-11H,1-9,12H2. The van der Waals surface area contributed by atoms with Gasteiger partial charge < -0.3 is 15.4 Å². The van der Waals surface area contributed by atoms with Gasteiger partial charge in [-0.05, 0) is 44.2 Å². The van der Waals surface area contributed by atoms with Crippen molar-refractivity contribution < 1.29 is 4.74 Å². The molecule has 0 amide bonds. The van der Waals surface area contributed by atoms with E-state index in [1.54, 1.807) is 0 Å². The zero-order valence-corrected chi connectivity index (χ0v) is 8.95. The third-order valence-electron chi connectivity index (χ3n) is 3.31. The van der Waals surface area contributed by atoms with E-state index in [-0.39, 0.29) is 0 Å². The zero-order chi connectivity index (χ0) is 9.80. The number of hydrogen-bond acceptors (Lipinski definition) is 3. The predicted octanol–water partition coefficient (Wildman–Crippen LogP) is 0.694. The summed E-state index contributed by atoms with van der Waals surface area (Å²) < 4.78 is 5.62. The van der Waals surface area contributed by atoms with Crippen LogP contribution < -0.4 is 5.73 Å². The molecule has 14 heavy (non-hydrogen) atoms. The third-order valence-corrected chi connectivity index (χ3v) is 3.31. The summed E-state index contributed by atoms with van der Waals surface area (Å²) in [6, 6.07) is 0. The first-order valence-corrected chi connectivity index (χ1v) is 5.88. The van der Waals surface area contributed by atoms with Crippen LogP contribution in [0.3, 0.4) is 0 Å². The highest BCUT2D eigenvalue weighted by Crippen LogP contribution is 2.28. The van der Waals surface area contributed by atoms with Crippen molar-refractivity contribution in [1.29, 1.82) is 0 Å². The molecular weight excluding hydrogens is 176 g/mol. The normalized spacial score (nSPS) is 28.5. The SMILES string of the molecule is NCC1CCN(CCOCC2CC2)C1. The van der Waals surface area contributed by atoms with Crippen molar-refractivity contribution in [3.8, 4) is 0 Å². The van der Waals surface area contributed by atoms with Gasteiger partial charge >= 0.3 is 0 Å². The van der Waals surface area contributed by atoms with Crippen LogP contribution in [0.25, 0.3) is 0 Å². The maximum atomic E-state index is 5.64. The molecule has 3 nitrogen and oxygen atoms in total. The largest absolute Gasteiger partial charge is 0.380 e. The molecule has 0 aromatic rings. The molecule has 1 saturated heterocycles. The van der Waals surface area contributed by atoms with Crippen molar-refractivity contribution >= 4 is 0 Å². The molecule has 0 radical (unpaired) electrons. The van der Waals surface area contributed by atoms with Crippen LogP contribution in [-0.4, -0.2) is 44.3 Å². The van der Waals surface area contributed by atoms with Gasteiger partial charge in [0.25, 0.3) is 0 Å². The summed E-state index contributed by atoms with van der Waals surface area (Å²) in [6.07, 6.45) is 4.05. The zero-order valence-electron chi connectivity index (χ0n) is 8.95. The van der Waals surface area contributed by atoms with Crippen LogP contribution in [-0.2, 0) is 4.74 Å². The second-order valence-electron chi connectivity index (χ2n) is 4.71. The molecule has 82 valence electrons. The number of likely N-dealkylation sites (tertiary alicyclic amines) is 1. The molecule has 2 fully saturated rings. The highest BCUT2D eigenvalue weighted by molar-refractivity contribution is 4.76. The Morgan fingerprint density at radius 3 is 2.71 bits per heavy atom. The number of nitrogens with zero attached hydrogens (tertiary/aromatic N) is 1. The molecule has 2 rings (SSSR count). The summed E-state index contributed by atoms with van der Waals surface area (Å²) in [6.45, 7) is 6.25. The molecule has 2 N–H and O–H groups in total. The molecule has 1 unspecified atom stereocenters. The number of ether oxygens (including phenoxy) is 1. The number of hydrogen-bond donors (Lipinski definition) is 1. The summed E-state index contributed by atoms with van der Waals surface area (Å²) in [4.78, 5) is 2.48. The summed E-state index contributed by atoms with van der Waals surface area (Å²) in [7, 11) is 0. The Hall–Kier alpha value is -0.120. The van der Waals surface area contributed by atoms with Crippen molar-refractivity contribution in [2.75, 3.05) is 39.4 Å². The molecule has 1 aliphatic carbocycles. The lowest BCUT2D eigenvalue weighted by Crippen LogP contribution is -2.27. The van der Waals surface area contributed by atoms with Crippen molar-refractivity contribution in [3.63, 3.8) is 0 Å². The Kier molecular flexibility index (Phi) is 3.79. The minimum Gasteiger partial charge on any atom is -0.380 e. The summed E-state index contributed by atoms with van der Waals surface area (Å²) in [5, 5.41) is 0. The van der Waals surface area contributed by atoms with Crippen LogP contribution in [0, 0.1) is 11.8 Å². The van der Waals surface area contributed by atoms with Gasteiger partial charge in [-0.25, -0.2) is 0 Å². The lowest BCUT2D eigenvalue weighted by atomic mass is 10.1. The second kappa shape index (κ2) is 5.10. The Labute approximate surface area is 86.6 Å². The smallest absolute Gasteiger partial charge is 0.0593 e. The lowest BCUT2D eigenvalue weighted by Gasteiger charge is -2.15. The first kappa shape index (κ1) is 10.4. The van der Waals surface area contributed by atoms with Crippen LogP contribution in [0.4, 0.5) is 0 Å². The highest BCUT2D eigenvalue weighted by atomic mass is 16.5. The first-order valence-electron chi connectivity index (χ1n) is 5.88. The van der Waals surface area contributed by atoms with E-state index in [4.69, 9.17) is 10.5 Å². The number of rotatable bonds is 6. The minimum atomic E-state index is 0.735. The van der Waals surface area contributed by atoms with Crippen molar-refractivity contribution in [2.45, 2.75) is 19.3 Å². The molecule has 1 atom stereocenters. The van der Waals surface area contributed by atoms with Gasteiger partial charge in [-0.3, -0.25) is 0 Å². The fraction of sp³-hybridized carbons (Fsp3) is 1.00. The van der Waals surface area contributed by atoms with Crippen molar-refractivity contribution in [2.24, 2.45) is 17.6 Å². The van der Waals surface area contributed by atoms with Gasteiger partial charge in [0.15, 0.2) is 0 Å². The van der Waals surface area contributed by atoms with E-state index in [1.165, 1.54) is 32.4 Å². The van der Waals surface area contributed by atoms with Gasteiger partial charge in [-0.1, -0.05) is 0 Å². The van der Waals surface area contributed by atoms with Crippen LogP contribution in [0.5, 0.6) is 0 Å². The molecule has 0 spiro atoms. The Balaban J connectivity index is 1.48. The van der Waals surface area contributed by atoms with E-state index in [2.05, 4.69) is 4.90 Å². The fourth-order valence-corrected chi connectivity index (χ4v) is 2.04. The molecule has 0 aromatic carbocycles. The maximum Gasteiger partial charge on any atom is 0.0593 e. The van der Waals surface area contributed by atoms with Gasteiger partial charge in [0, 0.05) is 19.7 Å². The topological polar surface area (TPSA) is 38.5 Å². The van der Waals surface area contributed by atoms with Crippen LogP contribution in [0.1, 0.15) is 19.3 Å². The quantitative estimate of drug-likeness (QED) is 0.638. The predicted molar refractivity (Wildman–Crippen MR) is 57.1 cm³/mol. The Bertz CT molecular complexity index is 171. The van der Waals surface area contributed by atoms with Crippen LogP contribution >= 0.6 is 0 Å². The molecule has 1 aliphatic heterocycles. The molecule has 1 heterocycles. The van der Waals surface area contributed by atoms with Gasteiger partial charge in [0.2, 0.25) is 0 Å².